The van der Waals surface area contributed by atoms with Gasteiger partial charge in [-0.3, -0.25) is 14.6 Å². The molecule has 0 aliphatic carbocycles. The SMILES string of the molecule is O=C(NC(c1ccc(C(F)(F)F)cc1)c1ncccc1F)c1ccc(=O)[nH]c1. The molecule has 0 saturated heterocycles. The molecule has 0 spiro atoms. The molecule has 0 saturated carbocycles. The average Bonchev–Trinajstić information content (AvgIpc) is 2.66. The highest BCUT2D eigenvalue weighted by atomic mass is 19.4. The van der Waals surface area contributed by atoms with Crippen LogP contribution in [0.25, 0.3) is 0 Å². The fourth-order valence-electron chi connectivity index (χ4n) is 2.55. The number of pyridine rings is 2. The van der Waals surface area contributed by atoms with Crippen LogP contribution in [0, 0.1) is 5.82 Å². The number of carbonyl (C=O) groups is 1. The van der Waals surface area contributed by atoms with Crippen molar-refractivity contribution >= 4 is 5.91 Å². The van der Waals surface area contributed by atoms with Crippen molar-refractivity contribution in [1.29, 1.82) is 0 Å². The lowest BCUT2D eigenvalue weighted by atomic mass is 10.0. The van der Waals surface area contributed by atoms with E-state index in [0.29, 0.717) is 0 Å². The smallest absolute Gasteiger partial charge is 0.339 e. The van der Waals surface area contributed by atoms with Crippen LogP contribution in [0.2, 0.25) is 0 Å². The lowest BCUT2D eigenvalue weighted by Gasteiger charge is -2.20. The van der Waals surface area contributed by atoms with Crippen LogP contribution in [0.5, 0.6) is 0 Å². The number of halogens is 4. The maximum atomic E-state index is 14.3. The number of aromatic amines is 1. The number of alkyl halides is 3. The van der Waals surface area contributed by atoms with Gasteiger partial charge in [0.15, 0.2) is 0 Å². The lowest BCUT2D eigenvalue weighted by molar-refractivity contribution is -0.137. The van der Waals surface area contributed by atoms with Gasteiger partial charge >= 0.3 is 6.18 Å². The number of rotatable bonds is 4. The van der Waals surface area contributed by atoms with Crippen molar-refractivity contribution < 1.29 is 22.4 Å². The first kappa shape index (κ1) is 19.3. The van der Waals surface area contributed by atoms with Gasteiger partial charge in [0, 0.05) is 18.5 Å². The molecule has 2 aromatic heterocycles. The molecule has 1 amide bonds. The van der Waals surface area contributed by atoms with E-state index in [-0.39, 0.29) is 16.8 Å². The second-order valence-corrected chi connectivity index (χ2v) is 5.84. The Kier molecular flexibility index (Phi) is 5.25. The maximum Gasteiger partial charge on any atom is 0.416 e. The summed E-state index contributed by atoms with van der Waals surface area (Å²) in [5.41, 5.74) is -1.13. The maximum absolute atomic E-state index is 14.3. The first-order valence-corrected chi connectivity index (χ1v) is 8.03. The molecule has 5 nitrogen and oxygen atoms in total. The predicted octanol–water partition coefficient (Wildman–Crippen LogP) is 3.45. The van der Waals surface area contributed by atoms with Crippen LogP contribution in [0.3, 0.4) is 0 Å². The van der Waals surface area contributed by atoms with Gasteiger partial charge in [0.1, 0.15) is 11.5 Å². The van der Waals surface area contributed by atoms with Crippen molar-refractivity contribution in [1.82, 2.24) is 15.3 Å². The van der Waals surface area contributed by atoms with Crippen molar-refractivity contribution in [2.75, 3.05) is 0 Å². The Morgan fingerprint density at radius 2 is 1.79 bits per heavy atom. The second-order valence-electron chi connectivity index (χ2n) is 5.84. The van der Waals surface area contributed by atoms with E-state index in [9.17, 15) is 27.2 Å². The standard InChI is InChI=1S/C19H13F4N3O2/c20-14-2-1-9-24-17(14)16(11-3-6-13(7-4-11)19(21,22)23)26-18(28)12-5-8-15(27)25-10-12/h1-10,16H,(H,25,27)(H,26,28). The van der Waals surface area contributed by atoms with Crippen LogP contribution in [-0.2, 0) is 6.18 Å². The van der Waals surface area contributed by atoms with E-state index in [0.717, 1.165) is 36.4 Å². The molecule has 2 N–H and O–H groups in total. The highest BCUT2D eigenvalue weighted by Crippen LogP contribution is 2.31. The molecule has 3 aromatic rings. The van der Waals surface area contributed by atoms with Gasteiger partial charge in [-0.25, -0.2) is 4.39 Å². The molecule has 28 heavy (non-hydrogen) atoms. The van der Waals surface area contributed by atoms with Crippen molar-refractivity contribution in [3.05, 3.63) is 99.5 Å². The Bertz CT molecular complexity index is 1030. The largest absolute Gasteiger partial charge is 0.416 e. The molecule has 0 bridgehead atoms. The summed E-state index contributed by atoms with van der Waals surface area (Å²) in [5, 5.41) is 2.54. The summed E-state index contributed by atoms with van der Waals surface area (Å²) in [6.45, 7) is 0. The summed E-state index contributed by atoms with van der Waals surface area (Å²) >= 11 is 0. The minimum Gasteiger partial charge on any atom is -0.339 e. The van der Waals surface area contributed by atoms with E-state index >= 15 is 0 Å². The number of hydrogen-bond acceptors (Lipinski definition) is 3. The van der Waals surface area contributed by atoms with Crippen LogP contribution in [0.15, 0.2) is 65.7 Å². The van der Waals surface area contributed by atoms with E-state index < -0.39 is 35.1 Å². The predicted molar refractivity (Wildman–Crippen MR) is 92.0 cm³/mol. The molecule has 1 aromatic carbocycles. The average molecular weight is 391 g/mol. The monoisotopic (exact) mass is 391 g/mol. The van der Waals surface area contributed by atoms with Crippen LogP contribution in [-0.4, -0.2) is 15.9 Å². The van der Waals surface area contributed by atoms with Crippen molar-refractivity contribution in [2.45, 2.75) is 12.2 Å². The van der Waals surface area contributed by atoms with E-state index in [4.69, 9.17) is 0 Å². The number of nitrogens with zero attached hydrogens (tertiary/aromatic N) is 1. The molecular weight excluding hydrogens is 378 g/mol. The third-order valence-electron chi connectivity index (χ3n) is 3.95. The molecule has 0 fully saturated rings. The molecule has 1 unspecified atom stereocenters. The minimum atomic E-state index is -4.52. The molecule has 0 aliphatic rings. The number of H-pyrrole nitrogens is 1. The Labute approximate surface area is 156 Å². The van der Waals surface area contributed by atoms with E-state index in [2.05, 4.69) is 15.3 Å². The van der Waals surface area contributed by atoms with Crippen molar-refractivity contribution in [2.24, 2.45) is 0 Å². The molecule has 2 heterocycles. The van der Waals surface area contributed by atoms with E-state index in [1.54, 1.807) is 0 Å². The van der Waals surface area contributed by atoms with E-state index in [1.807, 2.05) is 0 Å². The third-order valence-corrected chi connectivity index (χ3v) is 3.95. The molecule has 9 heteroatoms. The van der Waals surface area contributed by atoms with Crippen LogP contribution < -0.4 is 10.9 Å². The molecule has 144 valence electrons. The first-order chi connectivity index (χ1) is 13.3. The number of amides is 1. The fraction of sp³-hybridized carbons (Fsp3) is 0.105. The highest BCUT2D eigenvalue weighted by Gasteiger charge is 2.31. The highest BCUT2D eigenvalue weighted by molar-refractivity contribution is 5.94. The molecule has 0 aliphatic heterocycles. The van der Waals surface area contributed by atoms with Crippen molar-refractivity contribution in [3.63, 3.8) is 0 Å². The Morgan fingerprint density at radius 1 is 1.07 bits per heavy atom. The second kappa shape index (κ2) is 7.63. The van der Waals surface area contributed by atoms with Crippen LogP contribution in [0.1, 0.15) is 33.2 Å². The lowest BCUT2D eigenvalue weighted by Crippen LogP contribution is -2.31. The number of nitrogens with one attached hydrogen (secondary N) is 2. The summed E-state index contributed by atoms with van der Waals surface area (Å²) in [6, 6.07) is 7.74. The van der Waals surface area contributed by atoms with Gasteiger partial charge < -0.3 is 10.3 Å². The Hall–Kier alpha value is -3.49. The van der Waals surface area contributed by atoms with Gasteiger partial charge in [-0.05, 0) is 35.9 Å². The van der Waals surface area contributed by atoms with Crippen LogP contribution >= 0.6 is 0 Å². The summed E-state index contributed by atoms with van der Waals surface area (Å²) < 4.78 is 52.7. The van der Waals surface area contributed by atoms with Crippen LogP contribution in [0.4, 0.5) is 17.6 Å². The minimum absolute atomic E-state index is 0.0906. The number of aromatic nitrogens is 2. The number of hydrogen-bond donors (Lipinski definition) is 2. The summed E-state index contributed by atoms with van der Waals surface area (Å²) in [5.74, 6) is -1.39. The van der Waals surface area contributed by atoms with Gasteiger partial charge in [-0.1, -0.05) is 12.1 Å². The van der Waals surface area contributed by atoms with Gasteiger partial charge in [0.2, 0.25) is 5.56 Å². The number of benzene rings is 1. The zero-order valence-electron chi connectivity index (χ0n) is 14.1. The topological polar surface area (TPSA) is 74.8 Å². The normalized spacial score (nSPS) is 12.4. The molecule has 3 rings (SSSR count). The van der Waals surface area contributed by atoms with Gasteiger partial charge in [0.05, 0.1) is 17.2 Å². The summed E-state index contributed by atoms with van der Waals surface area (Å²) in [6.07, 6.45) is -2.04. The Balaban J connectivity index is 1.98. The molecule has 1 atom stereocenters. The zero-order valence-corrected chi connectivity index (χ0v) is 14.1. The van der Waals surface area contributed by atoms with Gasteiger partial charge in [-0.15, -0.1) is 0 Å². The fourth-order valence-corrected chi connectivity index (χ4v) is 2.55. The molecule has 0 radical (unpaired) electrons. The van der Waals surface area contributed by atoms with Gasteiger partial charge in [-0.2, -0.15) is 13.2 Å². The van der Waals surface area contributed by atoms with Gasteiger partial charge in [0.25, 0.3) is 5.91 Å². The zero-order chi connectivity index (χ0) is 20.3. The first-order valence-electron chi connectivity index (χ1n) is 8.03. The Morgan fingerprint density at radius 3 is 2.36 bits per heavy atom. The van der Waals surface area contributed by atoms with Crippen molar-refractivity contribution in [3.8, 4) is 0 Å². The molecular formula is C19H13F4N3O2. The summed E-state index contributed by atoms with van der Waals surface area (Å²) in [4.78, 5) is 29.9. The summed E-state index contributed by atoms with van der Waals surface area (Å²) in [7, 11) is 0. The third kappa shape index (κ3) is 4.25. The quantitative estimate of drug-likeness (QED) is 0.669. The van der Waals surface area contributed by atoms with E-state index in [1.165, 1.54) is 24.5 Å². The number of carbonyl (C=O) groups excluding carboxylic acids is 1.